The number of benzene rings is 2. The molecule has 22 heavy (non-hydrogen) atoms. The van der Waals surface area contributed by atoms with Crippen LogP contribution >= 0.6 is 11.6 Å². The van der Waals surface area contributed by atoms with Gasteiger partial charge in [-0.2, -0.15) is 5.26 Å². The summed E-state index contributed by atoms with van der Waals surface area (Å²) < 4.78 is 0. The van der Waals surface area contributed by atoms with Gasteiger partial charge in [0, 0.05) is 30.3 Å². The molecule has 2 aromatic rings. The molecule has 4 heteroatoms. The van der Waals surface area contributed by atoms with Gasteiger partial charge >= 0.3 is 0 Å². The van der Waals surface area contributed by atoms with Crippen LogP contribution in [0.2, 0.25) is 5.02 Å². The smallest absolute Gasteiger partial charge is 0.101 e. The Morgan fingerprint density at radius 1 is 1.23 bits per heavy atom. The molecular formula is C18H18ClN3. The highest BCUT2D eigenvalue weighted by Gasteiger charge is 2.22. The Labute approximate surface area is 136 Å². The molecular weight excluding hydrogens is 294 g/mol. The molecule has 1 atom stereocenters. The second-order valence-corrected chi connectivity index (χ2v) is 6.06. The molecule has 3 rings (SSSR count). The highest BCUT2D eigenvalue weighted by molar-refractivity contribution is 6.30. The Kier molecular flexibility index (Phi) is 4.50. The zero-order chi connectivity index (χ0) is 15.4. The van der Waals surface area contributed by atoms with E-state index in [1.165, 1.54) is 5.69 Å². The zero-order valence-electron chi connectivity index (χ0n) is 12.3. The molecule has 1 saturated heterocycles. The fourth-order valence-corrected chi connectivity index (χ4v) is 3.06. The molecule has 0 radical (unpaired) electrons. The van der Waals surface area contributed by atoms with E-state index in [2.05, 4.69) is 40.6 Å². The Morgan fingerprint density at radius 2 is 2.05 bits per heavy atom. The van der Waals surface area contributed by atoms with Crippen LogP contribution in [0.25, 0.3) is 0 Å². The normalized spacial score (nSPS) is 17.3. The van der Waals surface area contributed by atoms with Gasteiger partial charge in [0.1, 0.15) is 6.07 Å². The van der Waals surface area contributed by atoms with Crippen molar-refractivity contribution >= 4 is 23.0 Å². The molecule has 1 unspecified atom stereocenters. The average molecular weight is 312 g/mol. The molecule has 1 N–H and O–H groups in total. The summed E-state index contributed by atoms with van der Waals surface area (Å²) in [5.74, 6) is 0.586. The fourth-order valence-electron chi connectivity index (χ4n) is 2.89. The van der Waals surface area contributed by atoms with E-state index in [9.17, 15) is 0 Å². The number of hydrogen-bond acceptors (Lipinski definition) is 3. The van der Waals surface area contributed by atoms with E-state index in [0.29, 0.717) is 16.5 Å². The first kappa shape index (κ1) is 14.7. The lowest BCUT2D eigenvalue weighted by molar-refractivity contribution is 0.622. The number of hydrogen-bond donors (Lipinski definition) is 1. The third-order valence-corrected chi connectivity index (χ3v) is 4.33. The summed E-state index contributed by atoms with van der Waals surface area (Å²) in [6.07, 6.45) is 1.16. The summed E-state index contributed by atoms with van der Waals surface area (Å²) in [7, 11) is 0. The predicted molar refractivity (Wildman–Crippen MR) is 91.4 cm³/mol. The van der Waals surface area contributed by atoms with E-state index in [-0.39, 0.29) is 0 Å². The lowest BCUT2D eigenvalue weighted by Crippen LogP contribution is -2.22. The predicted octanol–water partition coefficient (Wildman–Crippen LogP) is 4.15. The highest BCUT2D eigenvalue weighted by Crippen LogP contribution is 2.25. The maximum Gasteiger partial charge on any atom is 0.101 e. The van der Waals surface area contributed by atoms with E-state index in [4.69, 9.17) is 16.9 Å². The average Bonchev–Trinajstić information content (AvgIpc) is 3.03. The minimum Gasteiger partial charge on any atom is -0.384 e. The molecule has 112 valence electrons. The van der Waals surface area contributed by atoms with Crippen molar-refractivity contribution in [3.63, 3.8) is 0 Å². The molecule has 3 nitrogen and oxygen atoms in total. The van der Waals surface area contributed by atoms with E-state index in [1.807, 2.05) is 18.2 Å². The van der Waals surface area contributed by atoms with Crippen molar-refractivity contribution in [1.29, 1.82) is 5.26 Å². The van der Waals surface area contributed by atoms with Crippen molar-refractivity contribution in [2.45, 2.75) is 6.42 Å². The van der Waals surface area contributed by atoms with Crippen molar-refractivity contribution in [3.8, 4) is 6.07 Å². The summed E-state index contributed by atoms with van der Waals surface area (Å²) in [6, 6.07) is 18.1. The van der Waals surface area contributed by atoms with Gasteiger partial charge in [-0.05, 0) is 42.7 Å². The van der Waals surface area contributed by atoms with Gasteiger partial charge in [0.25, 0.3) is 0 Å². The molecule has 0 saturated carbocycles. The van der Waals surface area contributed by atoms with Gasteiger partial charge in [-0.1, -0.05) is 29.8 Å². The maximum absolute atomic E-state index is 9.17. The lowest BCUT2D eigenvalue weighted by Gasteiger charge is -2.19. The maximum atomic E-state index is 9.17. The van der Waals surface area contributed by atoms with Crippen molar-refractivity contribution in [2.75, 3.05) is 29.9 Å². The van der Waals surface area contributed by atoms with Gasteiger partial charge in [0.2, 0.25) is 0 Å². The molecule has 1 heterocycles. The molecule has 0 spiro atoms. The Hall–Kier alpha value is -2.18. The standard InChI is InChI=1S/C18H18ClN3/c19-16-6-7-18(15(10-16)11-20)21-12-14-8-9-22(13-14)17-4-2-1-3-5-17/h1-7,10,14,21H,8-9,12-13H2. The van der Waals surface area contributed by atoms with Gasteiger partial charge in [-0.3, -0.25) is 0 Å². The minimum atomic E-state index is 0.586. The van der Waals surface area contributed by atoms with Crippen LogP contribution in [0.4, 0.5) is 11.4 Å². The van der Waals surface area contributed by atoms with Gasteiger partial charge < -0.3 is 10.2 Å². The summed E-state index contributed by atoms with van der Waals surface area (Å²) in [5, 5.41) is 13.2. The Morgan fingerprint density at radius 3 is 2.82 bits per heavy atom. The Balaban J connectivity index is 1.59. The van der Waals surface area contributed by atoms with Crippen molar-refractivity contribution in [1.82, 2.24) is 0 Å². The molecule has 0 bridgehead atoms. The van der Waals surface area contributed by atoms with E-state index in [1.54, 1.807) is 6.07 Å². The van der Waals surface area contributed by atoms with Crippen molar-refractivity contribution in [3.05, 3.63) is 59.1 Å². The van der Waals surface area contributed by atoms with Gasteiger partial charge in [-0.25, -0.2) is 0 Å². The van der Waals surface area contributed by atoms with E-state index in [0.717, 1.165) is 31.7 Å². The first-order valence-corrected chi connectivity index (χ1v) is 7.87. The lowest BCUT2D eigenvalue weighted by atomic mass is 10.1. The summed E-state index contributed by atoms with van der Waals surface area (Å²) in [5.41, 5.74) is 2.75. The topological polar surface area (TPSA) is 39.1 Å². The third-order valence-electron chi connectivity index (χ3n) is 4.09. The first-order valence-electron chi connectivity index (χ1n) is 7.50. The van der Waals surface area contributed by atoms with Crippen LogP contribution in [0.1, 0.15) is 12.0 Å². The first-order chi connectivity index (χ1) is 10.8. The SMILES string of the molecule is N#Cc1cc(Cl)ccc1NCC1CCN(c2ccccc2)C1. The van der Waals surface area contributed by atoms with Crippen LogP contribution in [-0.2, 0) is 0 Å². The van der Waals surface area contributed by atoms with E-state index >= 15 is 0 Å². The van der Waals surface area contributed by atoms with E-state index < -0.39 is 0 Å². The largest absolute Gasteiger partial charge is 0.384 e. The molecule has 1 aliphatic heterocycles. The molecule has 0 aliphatic carbocycles. The molecule has 1 aliphatic rings. The number of halogens is 1. The van der Waals surface area contributed by atoms with Crippen LogP contribution in [0.5, 0.6) is 0 Å². The second kappa shape index (κ2) is 6.72. The second-order valence-electron chi connectivity index (χ2n) is 5.62. The number of para-hydroxylation sites is 1. The molecule has 2 aromatic carbocycles. The third kappa shape index (κ3) is 3.35. The summed E-state index contributed by atoms with van der Waals surface area (Å²) in [6.45, 7) is 3.01. The highest BCUT2D eigenvalue weighted by atomic mass is 35.5. The van der Waals surface area contributed by atoms with Crippen LogP contribution in [0.3, 0.4) is 0 Å². The van der Waals surface area contributed by atoms with Gasteiger partial charge in [0.15, 0.2) is 0 Å². The van der Waals surface area contributed by atoms with Crippen LogP contribution < -0.4 is 10.2 Å². The zero-order valence-corrected chi connectivity index (χ0v) is 13.1. The molecule has 0 aromatic heterocycles. The summed E-state index contributed by atoms with van der Waals surface area (Å²) in [4.78, 5) is 2.42. The quantitative estimate of drug-likeness (QED) is 0.922. The number of nitriles is 1. The van der Waals surface area contributed by atoms with Crippen LogP contribution in [0.15, 0.2) is 48.5 Å². The molecule has 0 amide bonds. The fraction of sp³-hybridized carbons (Fsp3) is 0.278. The number of nitrogens with zero attached hydrogens (tertiary/aromatic N) is 2. The van der Waals surface area contributed by atoms with Crippen LogP contribution in [0, 0.1) is 17.2 Å². The van der Waals surface area contributed by atoms with Crippen molar-refractivity contribution < 1.29 is 0 Å². The number of nitrogens with one attached hydrogen (secondary N) is 1. The molecule has 1 fully saturated rings. The number of rotatable bonds is 4. The van der Waals surface area contributed by atoms with Gasteiger partial charge in [0.05, 0.1) is 11.3 Å². The Bertz CT molecular complexity index is 678. The van der Waals surface area contributed by atoms with Crippen LogP contribution in [-0.4, -0.2) is 19.6 Å². The number of anilines is 2. The van der Waals surface area contributed by atoms with Gasteiger partial charge in [-0.15, -0.1) is 0 Å². The minimum absolute atomic E-state index is 0.586. The van der Waals surface area contributed by atoms with Crippen molar-refractivity contribution in [2.24, 2.45) is 5.92 Å². The summed E-state index contributed by atoms with van der Waals surface area (Å²) >= 11 is 5.92. The monoisotopic (exact) mass is 311 g/mol.